The zero-order chi connectivity index (χ0) is 16.5. The van der Waals surface area contributed by atoms with Crippen LogP contribution in [0.1, 0.15) is 13.3 Å². The standard InChI is InChI=1S/C6H15O11P3S/c1-4-2-5(7)6(15-4)3-21-20(13,14)17-19(11,12)16-18(8,9)10/h4-7H,2-3H2,1H3,(H,11,12)(H,13,14)(H2,8,9,10). The highest BCUT2D eigenvalue weighted by Crippen LogP contribution is 2.70. The average Bonchev–Trinajstić information content (AvgIpc) is 2.48. The fourth-order valence-electron chi connectivity index (χ4n) is 1.56. The molecule has 126 valence electrons. The van der Waals surface area contributed by atoms with Crippen molar-refractivity contribution in [3.05, 3.63) is 0 Å². The smallest absolute Gasteiger partial charge is 0.390 e. The Kier molecular flexibility index (Phi) is 6.67. The molecule has 1 rings (SSSR count). The van der Waals surface area contributed by atoms with Crippen LogP contribution in [0.2, 0.25) is 0 Å². The number of aliphatic hydroxyl groups is 1. The minimum absolute atomic E-state index is 0.173. The monoisotopic (exact) mass is 388 g/mol. The molecule has 0 aliphatic carbocycles. The number of hydrogen-bond donors (Lipinski definition) is 5. The van der Waals surface area contributed by atoms with Gasteiger partial charge in [0.05, 0.1) is 18.3 Å². The lowest BCUT2D eigenvalue weighted by molar-refractivity contribution is 0.0318. The molecule has 15 heteroatoms. The van der Waals surface area contributed by atoms with Gasteiger partial charge in [0.1, 0.15) is 0 Å². The summed E-state index contributed by atoms with van der Waals surface area (Å²) in [5, 5.41) is 9.56. The van der Waals surface area contributed by atoms with E-state index in [1.165, 1.54) is 0 Å². The van der Waals surface area contributed by atoms with Gasteiger partial charge >= 0.3 is 22.4 Å². The van der Waals surface area contributed by atoms with Crippen molar-refractivity contribution in [3.8, 4) is 0 Å². The first kappa shape index (κ1) is 19.8. The van der Waals surface area contributed by atoms with Crippen LogP contribution in [-0.4, -0.2) is 48.7 Å². The summed E-state index contributed by atoms with van der Waals surface area (Å²) in [6.45, 7) is -3.06. The molecule has 11 nitrogen and oxygen atoms in total. The van der Waals surface area contributed by atoms with Crippen LogP contribution in [0.5, 0.6) is 0 Å². The van der Waals surface area contributed by atoms with Crippen molar-refractivity contribution in [3.63, 3.8) is 0 Å². The molecule has 5 N–H and O–H groups in total. The molecule has 0 radical (unpaired) electrons. The third-order valence-electron chi connectivity index (χ3n) is 2.23. The van der Waals surface area contributed by atoms with Gasteiger partial charge < -0.3 is 29.4 Å². The fourth-order valence-corrected chi connectivity index (χ4v) is 7.08. The van der Waals surface area contributed by atoms with E-state index in [2.05, 4.69) is 8.62 Å². The molecular weight excluding hydrogens is 373 g/mol. The van der Waals surface area contributed by atoms with Gasteiger partial charge in [0.25, 0.3) is 0 Å². The zero-order valence-electron chi connectivity index (χ0n) is 10.6. The van der Waals surface area contributed by atoms with E-state index in [-0.39, 0.29) is 23.2 Å². The summed E-state index contributed by atoms with van der Waals surface area (Å²) in [5.74, 6) is -0.227. The third kappa shape index (κ3) is 7.69. The number of hydrogen-bond acceptors (Lipinski definition) is 8. The van der Waals surface area contributed by atoms with Crippen LogP contribution in [-0.2, 0) is 27.1 Å². The van der Waals surface area contributed by atoms with Gasteiger partial charge in [0.15, 0.2) is 0 Å². The van der Waals surface area contributed by atoms with E-state index in [1.807, 2.05) is 0 Å². The highest BCUT2D eigenvalue weighted by Gasteiger charge is 2.41. The summed E-state index contributed by atoms with van der Waals surface area (Å²) in [6.07, 6.45) is -1.54. The van der Waals surface area contributed by atoms with Gasteiger partial charge in [-0.05, 0) is 18.3 Å². The quantitative estimate of drug-likeness (QED) is 0.384. The molecule has 0 bridgehead atoms. The topological polar surface area (TPSA) is 180 Å². The SMILES string of the molecule is CC1CC(O)C(CSP(=O)(O)OP(=O)(O)OP(=O)(O)O)O1. The number of ether oxygens (including phenoxy) is 1. The summed E-state index contributed by atoms with van der Waals surface area (Å²) in [7, 11) is -10.8. The first-order valence-electron chi connectivity index (χ1n) is 5.41. The molecule has 0 amide bonds. The van der Waals surface area contributed by atoms with E-state index in [0.29, 0.717) is 6.42 Å². The van der Waals surface area contributed by atoms with Gasteiger partial charge in [-0.25, -0.2) is 13.7 Å². The van der Waals surface area contributed by atoms with E-state index in [4.69, 9.17) is 19.4 Å². The lowest BCUT2D eigenvalue weighted by Crippen LogP contribution is -2.23. The van der Waals surface area contributed by atoms with Crippen molar-refractivity contribution < 1.29 is 51.7 Å². The number of rotatable bonds is 7. The predicted molar refractivity (Wildman–Crippen MR) is 71.3 cm³/mol. The normalized spacial score (nSPS) is 32.6. The number of aliphatic hydroxyl groups excluding tert-OH is 1. The molecule has 1 heterocycles. The highest BCUT2D eigenvalue weighted by molar-refractivity contribution is 8.55. The molecule has 5 atom stereocenters. The summed E-state index contributed by atoms with van der Waals surface area (Å²) < 4.78 is 45.6. The molecule has 1 saturated heterocycles. The Hall–Kier alpha value is 0.720. The number of phosphoric acid groups is 2. The van der Waals surface area contributed by atoms with E-state index in [0.717, 1.165) is 0 Å². The van der Waals surface area contributed by atoms with Gasteiger partial charge in [0.2, 0.25) is 0 Å². The van der Waals surface area contributed by atoms with Gasteiger partial charge in [-0.1, -0.05) is 0 Å². The molecule has 1 fully saturated rings. The van der Waals surface area contributed by atoms with Crippen LogP contribution in [0.4, 0.5) is 0 Å². The average molecular weight is 388 g/mol. The third-order valence-corrected chi connectivity index (χ3v) is 8.38. The Bertz CT molecular complexity index is 504. The maximum Gasteiger partial charge on any atom is 0.488 e. The first-order chi connectivity index (χ1) is 9.30. The second-order valence-corrected chi connectivity index (χ2v) is 11.1. The summed E-state index contributed by atoms with van der Waals surface area (Å²) in [4.78, 5) is 35.0. The molecule has 0 aromatic carbocycles. The Morgan fingerprint density at radius 3 is 2.19 bits per heavy atom. The van der Waals surface area contributed by atoms with Crippen molar-refractivity contribution in [2.75, 3.05) is 5.75 Å². The molecular formula is C6H15O11P3S. The molecule has 1 aliphatic heterocycles. The van der Waals surface area contributed by atoms with Gasteiger partial charge in [0, 0.05) is 12.2 Å². The minimum atomic E-state index is -5.42. The largest absolute Gasteiger partial charge is 0.488 e. The second kappa shape index (κ2) is 7.09. The molecule has 0 aromatic rings. The van der Waals surface area contributed by atoms with Crippen LogP contribution in [0.3, 0.4) is 0 Å². The van der Waals surface area contributed by atoms with Crippen molar-refractivity contribution in [2.24, 2.45) is 0 Å². The van der Waals surface area contributed by atoms with Crippen LogP contribution in [0.15, 0.2) is 0 Å². The van der Waals surface area contributed by atoms with Crippen molar-refractivity contribution in [2.45, 2.75) is 31.7 Å². The van der Waals surface area contributed by atoms with E-state index >= 15 is 0 Å². The van der Waals surface area contributed by atoms with E-state index in [1.54, 1.807) is 6.92 Å². The van der Waals surface area contributed by atoms with Crippen LogP contribution in [0, 0.1) is 0 Å². The Labute approximate surface area is 123 Å². The van der Waals surface area contributed by atoms with E-state index < -0.39 is 34.7 Å². The van der Waals surface area contributed by atoms with Crippen LogP contribution in [0.25, 0.3) is 0 Å². The Morgan fingerprint density at radius 1 is 1.19 bits per heavy atom. The van der Waals surface area contributed by atoms with E-state index in [9.17, 15) is 23.7 Å². The van der Waals surface area contributed by atoms with Gasteiger partial charge in [-0.3, -0.25) is 0 Å². The summed E-state index contributed by atoms with van der Waals surface area (Å²) >= 11 is 0.173. The fraction of sp³-hybridized carbons (Fsp3) is 1.00. The van der Waals surface area contributed by atoms with Crippen molar-refractivity contribution in [1.29, 1.82) is 0 Å². The van der Waals surface area contributed by atoms with Crippen LogP contribution >= 0.6 is 33.8 Å². The molecule has 21 heavy (non-hydrogen) atoms. The van der Waals surface area contributed by atoms with Crippen molar-refractivity contribution in [1.82, 2.24) is 0 Å². The zero-order valence-corrected chi connectivity index (χ0v) is 14.1. The molecule has 0 saturated carbocycles. The second-order valence-electron chi connectivity index (χ2n) is 4.17. The maximum atomic E-state index is 11.6. The lowest BCUT2D eigenvalue weighted by Gasteiger charge is -2.18. The van der Waals surface area contributed by atoms with Gasteiger partial charge in [-0.2, -0.15) is 8.62 Å². The maximum absolute atomic E-state index is 11.6. The Morgan fingerprint density at radius 2 is 1.76 bits per heavy atom. The first-order valence-corrected chi connectivity index (χ1v) is 11.6. The molecule has 0 aromatic heterocycles. The molecule has 0 spiro atoms. The van der Waals surface area contributed by atoms with Crippen LogP contribution < -0.4 is 0 Å². The minimum Gasteiger partial charge on any atom is -0.390 e. The molecule has 5 unspecified atom stereocenters. The summed E-state index contributed by atoms with van der Waals surface area (Å²) in [5.41, 5.74) is 0. The highest BCUT2D eigenvalue weighted by atomic mass is 32.7. The van der Waals surface area contributed by atoms with Gasteiger partial charge in [-0.15, -0.1) is 0 Å². The predicted octanol–water partition coefficient (Wildman–Crippen LogP) is 0.585. The lowest BCUT2D eigenvalue weighted by atomic mass is 10.2. The molecule has 1 aliphatic rings. The summed E-state index contributed by atoms with van der Waals surface area (Å²) in [6, 6.07) is 0. The van der Waals surface area contributed by atoms with Crippen molar-refractivity contribution >= 4 is 33.8 Å². The Balaban J connectivity index is 2.56.